The van der Waals surface area contributed by atoms with Gasteiger partial charge in [0.2, 0.25) is 0 Å². The first-order valence-electron chi connectivity index (χ1n) is 9.02. The zero-order valence-electron chi connectivity index (χ0n) is 15.4. The Morgan fingerprint density at radius 3 is 2.64 bits per heavy atom. The van der Waals surface area contributed by atoms with Crippen LogP contribution >= 0.6 is 24.0 Å². The van der Waals surface area contributed by atoms with Gasteiger partial charge in [-0.05, 0) is 31.2 Å². The number of benzene rings is 1. The Morgan fingerprint density at radius 2 is 2.00 bits per heavy atom. The van der Waals surface area contributed by atoms with Crippen molar-refractivity contribution in [3.8, 4) is 0 Å². The van der Waals surface area contributed by atoms with E-state index in [-0.39, 0.29) is 24.0 Å². The van der Waals surface area contributed by atoms with E-state index in [9.17, 15) is 5.11 Å². The number of aliphatic hydroxyl groups excluding tert-OH is 1. The number of ether oxygens (including phenoxy) is 1. The quantitative estimate of drug-likeness (QED) is 0.373. The predicted octanol–water partition coefficient (Wildman–Crippen LogP) is 2.88. The summed E-state index contributed by atoms with van der Waals surface area (Å²) in [6.07, 6.45) is 1.83. The molecule has 1 saturated heterocycles. The number of aliphatic imine (C=N–C) groups is 1. The zero-order valence-corrected chi connectivity index (χ0v) is 17.7. The molecular formula is C19H32IN3O2. The highest BCUT2D eigenvalue weighted by atomic mass is 127. The summed E-state index contributed by atoms with van der Waals surface area (Å²) in [5, 5.41) is 13.4. The average Bonchev–Trinajstić information content (AvgIpc) is 2.60. The molecular weight excluding hydrogens is 429 g/mol. The van der Waals surface area contributed by atoms with E-state index in [4.69, 9.17) is 4.74 Å². The lowest BCUT2D eigenvalue weighted by molar-refractivity contribution is 0.0329. The summed E-state index contributed by atoms with van der Waals surface area (Å²) < 4.78 is 5.58. The number of guanidine groups is 1. The normalized spacial score (nSPS) is 17.1. The Bertz CT molecular complexity index is 491. The molecule has 0 saturated carbocycles. The molecule has 1 aliphatic rings. The van der Waals surface area contributed by atoms with Crippen molar-refractivity contribution >= 4 is 29.9 Å². The molecule has 0 aliphatic carbocycles. The number of aliphatic hydroxyl groups is 1. The number of halogens is 1. The lowest BCUT2D eigenvalue weighted by Crippen LogP contribution is -2.45. The molecule has 0 radical (unpaired) electrons. The molecule has 1 heterocycles. The van der Waals surface area contributed by atoms with Crippen molar-refractivity contribution in [3.63, 3.8) is 0 Å². The minimum absolute atomic E-state index is 0. The first-order valence-corrected chi connectivity index (χ1v) is 9.02. The second-order valence-electron chi connectivity index (χ2n) is 6.52. The number of hydrogen-bond donors (Lipinski definition) is 2. The predicted molar refractivity (Wildman–Crippen MR) is 113 cm³/mol. The number of piperidine rings is 1. The highest BCUT2D eigenvalue weighted by Crippen LogP contribution is 2.15. The SMILES string of the molecule is CCNC(=NCC(O)COCc1ccccc1)N1CCC(C)CC1.I. The van der Waals surface area contributed by atoms with Crippen molar-refractivity contribution in [2.45, 2.75) is 39.4 Å². The van der Waals surface area contributed by atoms with Crippen LogP contribution in [0.3, 0.4) is 0 Å². The summed E-state index contributed by atoms with van der Waals surface area (Å²) in [4.78, 5) is 6.88. The van der Waals surface area contributed by atoms with Crippen molar-refractivity contribution in [3.05, 3.63) is 35.9 Å². The molecule has 0 aromatic heterocycles. The average molecular weight is 461 g/mol. The number of likely N-dealkylation sites (tertiary alicyclic amines) is 1. The molecule has 1 unspecified atom stereocenters. The van der Waals surface area contributed by atoms with Crippen LogP contribution in [0.2, 0.25) is 0 Å². The molecule has 1 aromatic rings. The second-order valence-corrected chi connectivity index (χ2v) is 6.52. The lowest BCUT2D eigenvalue weighted by atomic mass is 10.00. The molecule has 5 nitrogen and oxygen atoms in total. The molecule has 0 amide bonds. The van der Waals surface area contributed by atoms with Crippen LogP contribution in [0.4, 0.5) is 0 Å². The molecule has 0 spiro atoms. The third kappa shape index (κ3) is 8.37. The highest BCUT2D eigenvalue weighted by Gasteiger charge is 2.18. The first kappa shape index (κ1) is 22.2. The monoisotopic (exact) mass is 461 g/mol. The van der Waals surface area contributed by atoms with E-state index in [1.807, 2.05) is 30.3 Å². The maximum Gasteiger partial charge on any atom is 0.194 e. The van der Waals surface area contributed by atoms with Crippen LogP contribution in [0, 0.1) is 5.92 Å². The Hall–Kier alpha value is -0.860. The van der Waals surface area contributed by atoms with Gasteiger partial charge in [0.05, 0.1) is 25.9 Å². The molecule has 0 bridgehead atoms. The third-order valence-corrected chi connectivity index (χ3v) is 4.29. The van der Waals surface area contributed by atoms with Crippen LogP contribution in [0.5, 0.6) is 0 Å². The molecule has 1 aliphatic heterocycles. The van der Waals surface area contributed by atoms with E-state index in [1.165, 1.54) is 12.8 Å². The van der Waals surface area contributed by atoms with E-state index in [2.05, 4.69) is 29.1 Å². The molecule has 25 heavy (non-hydrogen) atoms. The standard InChI is InChI=1S/C19H31N3O2.HI/c1-3-20-19(22-11-9-16(2)10-12-22)21-13-18(23)15-24-14-17-7-5-4-6-8-17;/h4-8,16,18,23H,3,9-15H2,1-2H3,(H,20,21);1H. The Labute approximate surface area is 168 Å². The Kier molecular flexibility index (Phi) is 11.1. The lowest BCUT2D eigenvalue weighted by Gasteiger charge is -2.33. The van der Waals surface area contributed by atoms with Gasteiger partial charge in [-0.2, -0.15) is 0 Å². The fraction of sp³-hybridized carbons (Fsp3) is 0.632. The van der Waals surface area contributed by atoms with Crippen molar-refractivity contribution in [1.29, 1.82) is 0 Å². The van der Waals surface area contributed by atoms with Crippen LogP contribution in [0.1, 0.15) is 32.3 Å². The van der Waals surface area contributed by atoms with Crippen LogP contribution in [0.15, 0.2) is 35.3 Å². The van der Waals surface area contributed by atoms with Crippen LogP contribution in [0.25, 0.3) is 0 Å². The first-order chi connectivity index (χ1) is 11.7. The molecule has 2 N–H and O–H groups in total. The van der Waals surface area contributed by atoms with Crippen molar-refractivity contribution in [2.24, 2.45) is 10.9 Å². The van der Waals surface area contributed by atoms with Gasteiger partial charge in [0.15, 0.2) is 5.96 Å². The fourth-order valence-corrected chi connectivity index (χ4v) is 2.78. The smallest absolute Gasteiger partial charge is 0.194 e. The second kappa shape index (κ2) is 12.5. The minimum atomic E-state index is -0.578. The van der Waals surface area contributed by atoms with Gasteiger partial charge in [-0.1, -0.05) is 37.3 Å². The molecule has 2 rings (SSSR count). The van der Waals surface area contributed by atoms with Crippen LogP contribution in [-0.2, 0) is 11.3 Å². The molecule has 1 aromatic carbocycles. The number of nitrogens with one attached hydrogen (secondary N) is 1. The summed E-state index contributed by atoms with van der Waals surface area (Å²) >= 11 is 0. The topological polar surface area (TPSA) is 57.1 Å². The van der Waals surface area contributed by atoms with E-state index in [1.54, 1.807) is 0 Å². The van der Waals surface area contributed by atoms with Gasteiger partial charge in [-0.25, -0.2) is 0 Å². The Balaban J connectivity index is 0.00000312. The molecule has 6 heteroatoms. The number of rotatable bonds is 7. The molecule has 1 atom stereocenters. The van der Waals surface area contributed by atoms with Crippen molar-refractivity contribution in [2.75, 3.05) is 32.8 Å². The van der Waals surface area contributed by atoms with Gasteiger partial charge in [0.25, 0.3) is 0 Å². The third-order valence-electron chi connectivity index (χ3n) is 4.29. The van der Waals surface area contributed by atoms with Crippen molar-refractivity contribution < 1.29 is 9.84 Å². The van der Waals surface area contributed by atoms with E-state index < -0.39 is 6.10 Å². The number of nitrogens with zero attached hydrogens (tertiary/aromatic N) is 2. The van der Waals surface area contributed by atoms with Crippen molar-refractivity contribution in [1.82, 2.24) is 10.2 Å². The zero-order chi connectivity index (χ0) is 17.2. The van der Waals surface area contributed by atoms with Gasteiger partial charge in [-0.15, -0.1) is 24.0 Å². The van der Waals surface area contributed by atoms with E-state index in [0.29, 0.717) is 19.8 Å². The van der Waals surface area contributed by atoms with Gasteiger partial charge in [-0.3, -0.25) is 4.99 Å². The van der Waals surface area contributed by atoms with E-state index >= 15 is 0 Å². The van der Waals surface area contributed by atoms with E-state index in [0.717, 1.165) is 37.1 Å². The molecule has 1 fully saturated rings. The maximum absolute atomic E-state index is 10.1. The summed E-state index contributed by atoms with van der Waals surface area (Å²) in [6.45, 7) is 8.47. The minimum Gasteiger partial charge on any atom is -0.389 e. The van der Waals surface area contributed by atoms with Crippen LogP contribution < -0.4 is 5.32 Å². The van der Waals surface area contributed by atoms with Gasteiger partial charge in [0, 0.05) is 19.6 Å². The van der Waals surface area contributed by atoms with Gasteiger partial charge >= 0.3 is 0 Å². The van der Waals surface area contributed by atoms with Gasteiger partial charge < -0.3 is 20.1 Å². The maximum atomic E-state index is 10.1. The summed E-state index contributed by atoms with van der Waals surface area (Å²) in [7, 11) is 0. The summed E-state index contributed by atoms with van der Waals surface area (Å²) in [6, 6.07) is 10.00. The summed E-state index contributed by atoms with van der Waals surface area (Å²) in [5.41, 5.74) is 1.11. The Morgan fingerprint density at radius 1 is 1.32 bits per heavy atom. The number of hydrogen-bond acceptors (Lipinski definition) is 3. The van der Waals surface area contributed by atoms with Gasteiger partial charge in [0.1, 0.15) is 0 Å². The molecule has 142 valence electrons. The van der Waals surface area contributed by atoms with Crippen LogP contribution in [-0.4, -0.2) is 54.9 Å². The summed E-state index contributed by atoms with van der Waals surface area (Å²) in [5.74, 6) is 1.70. The largest absolute Gasteiger partial charge is 0.389 e. The fourth-order valence-electron chi connectivity index (χ4n) is 2.78. The highest BCUT2D eigenvalue weighted by molar-refractivity contribution is 14.0.